The summed E-state index contributed by atoms with van der Waals surface area (Å²) < 4.78 is 27.6. The van der Waals surface area contributed by atoms with E-state index >= 15 is 0 Å². The number of benzene rings is 1. The third-order valence-electron chi connectivity index (χ3n) is 2.65. The van der Waals surface area contributed by atoms with Gasteiger partial charge in [-0.3, -0.25) is 9.71 Å². The van der Waals surface area contributed by atoms with Crippen molar-refractivity contribution in [2.45, 2.75) is 18.4 Å². The predicted octanol–water partition coefficient (Wildman–Crippen LogP) is 2.41. The maximum Gasteiger partial charge on any atom is 0.263 e. The number of nitrogens with two attached hydrogens (primary N) is 1. The summed E-state index contributed by atoms with van der Waals surface area (Å²) in [6.45, 7) is 2.20. The van der Waals surface area contributed by atoms with E-state index in [1.807, 2.05) is 6.92 Å². The van der Waals surface area contributed by atoms with Gasteiger partial charge in [0, 0.05) is 17.2 Å². The molecular formula is C13H14BrN3O2S. The second-order valence-electron chi connectivity index (χ2n) is 4.33. The molecule has 20 heavy (non-hydrogen) atoms. The van der Waals surface area contributed by atoms with Gasteiger partial charge >= 0.3 is 0 Å². The summed E-state index contributed by atoms with van der Waals surface area (Å²) in [5.41, 5.74) is 7.69. The molecule has 0 bridgehead atoms. The Bertz CT molecular complexity index is 732. The highest BCUT2D eigenvalue weighted by molar-refractivity contribution is 9.10. The van der Waals surface area contributed by atoms with Gasteiger partial charge < -0.3 is 5.73 Å². The molecule has 7 heteroatoms. The number of aryl methyl sites for hydroxylation is 1. The van der Waals surface area contributed by atoms with Crippen molar-refractivity contribution in [3.8, 4) is 0 Å². The fourth-order valence-corrected chi connectivity index (χ4v) is 3.87. The zero-order valence-corrected chi connectivity index (χ0v) is 13.2. The highest BCUT2D eigenvalue weighted by atomic mass is 79.9. The maximum absolute atomic E-state index is 12.3. The van der Waals surface area contributed by atoms with E-state index in [0.717, 1.165) is 11.1 Å². The lowest BCUT2D eigenvalue weighted by atomic mass is 10.2. The number of sulfonamides is 1. The highest BCUT2D eigenvalue weighted by Gasteiger charge is 2.18. The molecule has 0 amide bonds. The summed E-state index contributed by atoms with van der Waals surface area (Å²) in [4.78, 5) is 4.12. The zero-order valence-electron chi connectivity index (χ0n) is 10.8. The third kappa shape index (κ3) is 3.36. The van der Waals surface area contributed by atoms with Crippen molar-refractivity contribution in [2.24, 2.45) is 5.73 Å². The molecule has 3 N–H and O–H groups in total. The second kappa shape index (κ2) is 5.90. The standard InChI is InChI=1S/C13H14BrN3O2S/c1-9-4-11(8-16-7-9)17-20(18,19)13-3-2-10(6-15)5-12(13)14/h2-5,7-8,17H,6,15H2,1H3. The van der Waals surface area contributed by atoms with Gasteiger partial charge in [-0.1, -0.05) is 6.07 Å². The van der Waals surface area contributed by atoms with Crippen LogP contribution in [-0.4, -0.2) is 13.4 Å². The van der Waals surface area contributed by atoms with Crippen molar-refractivity contribution in [2.75, 3.05) is 4.72 Å². The lowest BCUT2D eigenvalue weighted by Crippen LogP contribution is -2.14. The highest BCUT2D eigenvalue weighted by Crippen LogP contribution is 2.25. The largest absolute Gasteiger partial charge is 0.326 e. The lowest BCUT2D eigenvalue weighted by Gasteiger charge is -2.10. The Morgan fingerprint density at radius 2 is 2.05 bits per heavy atom. The Hall–Kier alpha value is -1.44. The van der Waals surface area contributed by atoms with E-state index < -0.39 is 10.0 Å². The van der Waals surface area contributed by atoms with Crippen LogP contribution >= 0.6 is 15.9 Å². The Balaban J connectivity index is 2.36. The smallest absolute Gasteiger partial charge is 0.263 e. The Labute approximate surface area is 126 Å². The summed E-state index contributed by atoms with van der Waals surface area (Å²) in [6, 6.07) is 6.63. The van der Waals surface area contributed by atoms with Gasteiger partial charge in [-0.25, -0.2) is 8.42 Å². The fraction of sp³-hybridized carbons (Fsp3) is 0.154. The van der Waals surface area contributed by atoms with Gasteiger partial charge in [0.15, 0.2) is 0 Å². The molecule has 106 valence electrons. The summed E-state index contributed by atoms with van der Waals surface area (Å²) >= 11 is 3.26. The molecule has 1 aromatic heterocycles. The maximum atomic E-state index is 12.3. The molecule has 2 rings (SSSR count). The van der Waals surface area contributed by atoms with Gasteiger partial charge in [-0.05, 0) is 52.2 Å². The number of aromatic nitrogens is 1. The van der Waals surface area contributed by atoms with E-state index in [0.29, 0.717) is 16.7 Å². The molecule has 0 saturated heterocycles. The van der Waals surface area contributed by atoms with E-state index in [-0.39, 0.29) is 4.90 Å². The van der Waals surface area contributed by atoms with Crippen molar-refractivity contribution in [1.29, 1.82) is 0 Å². The number of hydrogen-bond donors (Lipinski definition) is 2. The molecule has 0 radical (unpaired) electrons. The van der Waals surface area contributed by atoms with Crippen LogP contribution in [0.4, 0.5) is 5.69 Å². The van der Waals surface area contributed by atoms with Crippen LogP contribution in [0.15, 0.2) is 46.0 Å². The SMILES string of the molecule is Cc1cncc(NS(=O)(=O)c2ccc(CN)cc2Br)c1. The molecule has 0 atom stereocenters. The normalized spacial score (nSPS) is 11.3. The first-order valence-electron chi connectivity index (χ1n) is 5.85. The van der Waals surface area contributed by atoms with Gasteiger partial charge in [0.1, 0.15) is 4.90 Å². The summed E-state index contributed by atoms with van der Waals surface area (Å²) in [5.74, 6) is 0. The minimum Gasteiger partial charge on any atom is -0.326 e. The molecule has 0 aliphatic heterocycles. The van der Waals surface area contributed by atoms with Crippen molar-refractivity contribution in [1.82, 2.24) is 4.98 Å². The molecule has 0 aliphatic carbocycles. The van der Waals surface area contributed by atoms with Crippen molar-refractivity contribution < 1.29 is 8.42 Å². The monoisotopic (exact) mass is 355 g/mol. The first-order valence-corrected chi connectivity index (χ1v) is 8.13. The molecule has 1 aromatic carbocycles. The first-order chi connectivity index (χ1) is 9.42. The molecular weight excluding hydrogens is 342 g/mol. The van der Waals surface area contributed by atoms with Crippen molar-refractivity contribution in [3.05, 3.63) is 52.3 Å². The minimum absolute atomic E-state index is 0.163. The quantitative estimate of drug-likeness (QED) is 0.881. The first kappa shape index (κ1) is 15.0. The van der Waals surface area contributed by atoms with E-state index in [1.165, 1.54) is 12.3 Å². The average Bonchev–Trinajstić information content (AvgIpc) is 2.37. The van der Waals surface area contributed by atoms with Crippen LogP contribution in [0.5, 0.6) is 0 Å². The number of nitrogens with zero attached hydrogens (tertiary/aromatic N) is 1. The van der Waals surface area contributed by atoms with Crippen LogP contribution in [0.3, 0.4) is 0 Å². The number of pyridine rings is 1. The van der Waals surface area contributed by atoms with Gasteiger partial charge in [0.05, 0.1) is 11.9 Å². The summed E-state index contributed by atoms with van der Waals surface area (Å²) in [7, 11) is -3.66. The molecule has 0 fully saturated rings. The number of rotatable bonds is 4. The second-order valence-corrected chi connectivity index (χ2v) is 6.83. The van der Waals surface area contributed by atoms with Crippen LogP contribution in [0.1, 0.15) is 11.1 Å². The number of anilines is 1. The third-order valence-corrected chi connectivity index (χ3v) is 5.01. The molecule has 0 unspecified atom stereocenters. The van der Waals surface area contributed by atoms with E-state index in [2.05, 4.69) is 25.6 Å². The topological polar surface area (TPSA) is 85.1 Å². The van der Waals surface area contributed by atoms with Crippen LogP contribution in [0, 0.1) is 6.92 Å². The van der Waals surface area contributed by atoms with Crippen molar-refractivity contribution >= 4 is 31.6 Å². The number of halogens is 1. The zero-order chi connectivity index (χ0) is 14.8. The van der Waals surface area contributed by atoms with Crippen LogP contribution in [-0.2, 0) is 16.6 Å². The summed E-state index contributed by atoms with van der Waals surface area (Å²) in [5, 5.41) is 0. The molecule has 5 nitrogen and oxygen atoms in total. The van der Waals surface area contributed by atoms with Gasteiger partial charge in [0.2, 0.25) is 0 Å². The number of nitrogens with one attached hydrogen (secondary N) is 1. The average molecular weight is 356 g/mol. The van der Waals surface area contributed by atoms with Crippen molar-refractivity contribution in [3.63, 3.8) is 0 Å². The Morgan fingerprint density at radius 3 is 2.65 bits per heavy atom. The van der Waals surface area contributed by atoms with Crippen LogP contribution in [0.2, 0.25) is 0 Å². The van der Waals surface area contributed by atoms with Gasteiger partial charge in [-0.15, -0.1) is 0 Å². The lowest BCUT2D eigenvalue weighted by molar-refractivity contribution is 0.600. The van der Waals surface area contributed by atoms with E-state index in [9.17, 15) is 8.42 Å². The van der Waals surface area contributed by atoms with Gasteiger partial charge in [-0.2, -0.15) is 0 Å². The Kier molecular flexibility index (Phi) is 4.42. The fourth-order valence-electron chi connectivity index (χ4n) is 1.71. The summed E-state index contributed by atoms with van der Waals surface area (Å²) in [6.07, 6.45) is 3.12. The minimum atomic E-state index is -3.66. The molecule has 1 heterocycles. The predicted molar refractivity (Wildman–Crippen MR) is 81.8 cm³/mol. The molecule has 0 aliphatic rings. The molecule has 2 aromatic rings. The van der Waals surface area contributed by atoms with E-state index in [1.54, 1.807) is 24.4 Å². The number of hydrogen-bond acceptors (Lipinski definition) is 4. The molecule has 0 saturated carbocycles. The Morgan fingerprint density at radius 1 is 1.30 bits per heavy atom. The van der Waals surface area contributed by atoms with Crippen LogP contribution < -0.4 is 10.5 Å². The van der Waals surface area contributed by atoms with Crippen LogP contribution in [0.25, 0.3) is 0 Å². The van der Waals surface area contributed by atoms with E-state index in [4.69, 9.17) is 5.73 Å². The molecule has 0 spiro atoms. The van der Waals surface area contributed by atoms with Gasteiger partial charge in [0.25, 0.3) is 10.0 Å².